The first-order chi connectivity index (χ1) is 10.1. The Morgan fingerprint density at radius 1 is 1.00 bits per heavy atom. The number of benzene rings is 2. The lowest BCUT2D eigenvalue weighted by molar-refractivity contribution is 0.808. The molecule has 3 aromatic rings. The predicted octanol–water partition coefficient (Wildman–Crippen LogP) is 3.14. The molecule has 0 bridgehead atoms. The summed E-state index contributed by atoms with van der Waals surface area (Å²) in [5, 5.41) is 4.82. The normalized spacial score (nSPS) is 10.5. The molecule has 0 radical (unpaired) electrons. The Kier molecular flexibility index (Phi) is 3.46. The van der Waals surface area contributed by atoms with Crippen molar-refractivity contribution in [2.24, 2.45) is 0 Å². The molecule has 4 nitrogen and oxygen atoms in total. The standard InChI is InChI=1S/C16H12ClN3O/c17-13-4-6-15(7-5-13)20-16(21)9-12(10-19-20)11-2-1-3-14(18)8-11/h1-10H,18H2. The highest BCUT2D eigenvalue weighted by Crippen LogP contribution is 2.19. The summed E-state index contributed by atoms with van der Waals surface area (Å²) >= 11 is 5.84. The van der Waals surface area contributed by atoms with Gasteiger partial charge in [0.1, 0.15) is 0 Å². The Bertz CT molecular complexity index is 841. The quantitative estimate of drug-likeness (QED) is 0.739. The van der Waals surface area contributed by atoms with Gasteiger partial charge in [-0.3, -0.25) is 4.79 Å². The van der Waals surface area contributed by atoms with Gasteiger partial charge in [-0.2, -0.15) is 9.78 Å². The van der Waals surface area contributed by atoms with Crippen LogP contribution in [0.1, 0.15) is 0 Å². The van der Waals surface area contributed by atoms with Gasteiger partial charge in [0.2, 0.25) is 0 Å². The lowest BCUT2D eigenvalue weighted by Crippen LogP contribution is -2.19. The number of aromatic nitrogens is 2. The van der Waals surface area contributed by atoms with Crippen molar-refractivity contribution >= 4 is 17.3 Å². The van der Waals surface area contributed by atoms with Crippen LogP contribution in [0.25, 0.3) is 16.8 Å². The van der Waals surface area contributed by atoms with Gasteiger partial charge >= 0.3 is 0 Å². The van der Waals surface area contributed by atoms with Crippen LogP contribution in [0, 0.1) is 0 Å². The van der Waals surface area contributed by atoms with Crippen molar-refractivity contribution in [2.45, 2.75) is 0 Å². The number of rotatable bonds is 2. The second-order valence-electron chi connectivity index (χ2n) is 4.60. The molecule has 0 aliphatic rings. The Labute approximate surface area is 126 Å². The molecule has 21 heavy (non-hydrogen) atoms. The summed E-state index contributed by atoms with van der Waals surface area (Å²) in [6.45, 7) is 0. The summed E-state index contributed by atoms with van der Waals surface area (Å²) in [6.07, 6.45) is 1.64. The van der Waals surface area contributed by atoms with Gasteiger partial charge in [0.15, 0.2) is 0 Å². The van der Waals surface area contributed by atoms with E-state index in [2.05, 4.69) is 5.10 Å². The Morgan fingerprint density at radius 3 is 2.43 bits per heavy atom. The molecule has 1 aromatic heterocycles. The van der Waals surface area contributed by atoms with Crippen molar-refractivity contribution in [3.05, 3.63) is 76.2 Å². The van der Waals surface area contributed by atoms with E-state index >= 15 is 0 Å². The molecule has 0 saturated heterocycles. The summed E-state index contributed by atoms with van der Waals surface area (Å²) < 4.78 is 1.33. The van der Waals surface area contributed by atoms with Crippen molar-refractivity contribution < 1.29 is 0 Å². The molecule has 0 unspecified atom stereocenters. The maximum Gasteiger partial charge on any atom is 0.272 e. The number of hydrogen-bond donors (Lipinski definition) is 1. The Balaban J connectivity index is 2.04. The van der Waals surface area contributed by atoms with E-state index in [1.54, 1.807) is 36.5 Å². The van der Waals surface area contributed by atoms with Gasteiger partial charge in [-0.05, 0) is 42.0 Å². The monoisotopic (exact) mass is 297 g/mol. The van der Waals surface area contributed by atoms with Crippen LogP contribution in [0.15, 0.2) is 65.6 Å². The second-order valence-corrected chi connectivity index (χ2v) is 5.03. The molecule has 0 spiro atoms. The van der Waals surface area contributed by atoms with Crippen molar-refractivity contribution in [1.29, 1.82) is 0 Å². The third-order valence-electron chi connectivity index (χ3n) is 3.09. The fourth-order valence-electron chi connectivity index (χ4n) is 2.06. The zero-order chi connectivity index (χ0) is 14.8. The molecule has 3 rings (SSSR count). The summed E-state index contributed by atoms with van der Waals surface area (Å²) in [5.41, 5.74) is 8.46. The number of halogens is 1. The Hall–Kier alpha value is -2.59. The first-order valence-corrected chi connectivity index (χ1v) is 6.72. The maximum absolute atomic E-state index is 12.2. The molecular weight excluding hydrogens is 286 g/mol. The van der Waals surface area contributed by atoms with Gasteiger partial charge < -0.3 is 5.73 Å². The number of nitrogens with zero attached hydrogens (tertiary/aromatic N) is 2. The van der Waals surface area contributed by atoms with E-state index in [0.717, 1.165) is 11.1 Å². The fourth-order valence-corrected chi connectivity index (χ4v) is 2.19. The highest BCUT2D eigenvalue weighted by molar-refractivity contribution is 6.30. The van der Waals surface area contributed by atoms with Gasteiger partial charge in [-0.1, -0.05) is 23.7 Å². The van der Waals surface area contributed by atoms with Gasteiger partial charge in [-0.25, -0.2) is 0 Å². The molecule has 0 saturated carbocycles. The van der Waals surface area contributed by atoms with Crippen LogP contribution in [0.2, 0.25) is 5.02 Å². The van der Waals surface area contributed by atoms with Crippen LogP contribution in [-0.2, 0) is 0 Å². The van der Waals surface area contributed by atoms with Crippen molar-refractivity contribution in [1.82, 2.24) is 9.78 Å². The summed E-state index contributed by atoms with van der Waals surface area (Å²) in [4.78, 5) is 12.2. The molecule has 2 N–H and O–H groups in total. The summed E-state index contributed by atoms with van der Waals surface area (Å²) in [7, 11) is 0. The number of nitrogen functional groups attached to an aromatic ring is 1. The molecule has 0 amide bonds. The van der Waals surface area contributed by atoms with Crippen molar-refractivity contribution in [2.75, 3.05) is 5.73 Å². The lowest BCUT2D eigenvalue weighted by Gasteiger charge is -2.06. The third kappa shape index (κ3) is 2.80. The zero-order valence-electron chi connectivity index (χ0n) is 11.0. The highest BCUT2D eigenvalue weighted by Gasteiger charge is 2.05. The second kappa shape index (κ2) is 5.42. The minimum absolute atomic E-state index is 0.211. The number of nitrogens with two attached hydrogens (primary N) is 1. The van der Waals surface area contributed by atoms with Crippen molar-refractivity contribution in [3.8, 4) is 16.8 Å². The van der Waals surface area contributed by atoms with Crippen LogP contribution < -0.4 is 11.3 Å². The minimum atomic E-state index is -0.211. The SMILES string of the molecule is Nc1cccc(-c2cnn(-c3ccc(Cl)cc3)c(=O)c2)c1. The highest BCUT2D eigenvalue weighted by atomic mass is 35.5. The van der Waals surface area contributed by atoms with Crippen LogP contribution in [0.4, 0.5) is 5.69 Å². The number of hydrogen-bond acceptors (Lipinski definition) is 3. The molecular formula is C16H12ClN3O. The molecule has 0 aliphatic carbocycles. The topological polar surface area (TPSA) is 60.9 Å². The van der Waals surface area contributed by atoms with E-state index in [4.69, 9.17) is 17.3 Å². The van der Waals surface area contributed by atoms with E-state index < -0.39 is 0 Å². The molecule has 5 heteroatoms. The molecule has 104 valence electrons. The first kappa shape index (κ1) is 13.4. The first-order valence-electron chi connectivity index (χ1n) is 6.35. The average Bonchev–Trinajstić information content (AvgIpc) is 2.48. The zero-order valence-corrected chi connectivity index (χ0v) is 11.8. The summed E-state index contributed by atoms with van der Waals surface area (Å²) in [5.74, 6) is 0. The Morgan fingerprint density at radius 2 is 1.76 bits per heavy atom. The van der Waals surface area contributed by atoms with Gasteiger partial charge in [0, 0.05) is 22.3 Å². The predicted molar refractivity (Wildman–Crippen MR) is 84.7 cm³/mol. The number of anilines is 1. The molecule has 0 atom stereocenters. The molecule has 0 fully saturated rings. The van der Waals surface area contributed by atoms with Gasteiger partial charge in [-0.15, -0.1) is 0 Å². The van der Waals surface area contributed by atoms with E-state index in [-0.39, 0.29) is 5.56 Å². The molecule has 0 aliphatic heterocycles. The van der Waals surface area contributed by atoms with E-state index in [9.17, 15) is 4.79 Å². The largest absolute Gasteiger partial charge is 0.399 e. The van der Waals surface area contributed by atoms with Gasteiger partial charge in [0.25, 0.3) is 5.56 Å². The average molecular weight is 298 g/mol. The lowest BCUT2D eigenvalue weighted by atomic mass is 10.1. The van der Waals surface area contributed by atoms with Crippen LogP contribution >= 0.6 is 11.6 Å². The van der Waals surface area contributed by atoms with Crippen LogP contribution in [-0.4, -0.2) is 9.78 Å². The molecule has 1 heterocycles. The molecule has 2 aromatic carbocycles. The van der Waals surface area contributed by atoms with E-state index in [0.29, 0.717) is 16.4 Å². The van der Waals surface area contributed by atoms with Crippen molar-refractivity contribution in [3.63, 3.8) is 0 Å². The summed E-state index contributed by atoms with van der Waals surface area (Å²) in [6, 6.07) is 15.8. The van der Waals surface area contributed by atoms with Crippen LogP contribution in [0.3, 0.4) is 0 Å². The van der Waals surface area contributed by atoms with E-state index in [1.165, 1.54) is 10.7 Å². The smallest absolute Gasteiger partial charge is 0.272 e. The fraction of sp³-hybridized carbons (Fsp3) is 0. The minimum Gasteiger partial charge on any atom is -0.399 e. The third-order valence-corrected chi connectivity index (χ3v) is 3.34. The van der Waals surface area contributed by atoms with Crippen LogP contribution in [0.5, 0.6) is 0 Å². The maximum atomic E-state index is 12.2. The van der Waals surface area contributed by atoms with E-state index in [1.807, 2.05) is 18.2 Å². The van der Waals surface area contributed by atoms with Gasteiger partial charge in [0.05, 0.1) is 11.9 Å².